The van der Waals surface area contributed by atoms with Crippen LogP contribution in [0.15, 0.2) is 23.1 Å². The molecule has 2 aromatic heterocycles. The van der Waals surface area contributed by atoms with Crippen LogP contribution in [0.5, 0.6) is 0 Å². The molecule has 0 unspecified atom stereocenters. The van der Waals surface area contributed by atoms with Gasteiger partial charge in [-0.2, -0.15) is 0 Å². The molecule has 2 bridgehead atoms. The fourth-order valence-electron chi connectivity index (χ4n) is 0.871. The van der Waals surface area contributed by atoms with E-state index in [1.54, 1.807) is 0 Å². The molecular formula is C6H5NS. The Balaban J connectivity index is 3.02. The van der Waals surface area contributed by atoms with Crippen LogP contribution in [0.4, 0.5) is 0 Å². The first kappa shape index (κ1) is 4.27. The van der Waals surface area contributed by atoms with Gasteiger partial charge in [-0.25, -0.2) is 0 Å². The highest BCUT2D eigenvalue weighted by Crippen LogP contribution is 2.19. The third-order valence-electron chi connectivity index (χ3n) is 1.28. The fourth-order valence-corrected chi connectivity index (χ4v) is 1.14. The van der Waals surface area contributed by atoms with Crippen molar-refractivity contribution in [3.63, 3.8) is 0 Å². The highest BCUT2D eigenvalue weighted by molar-refractivity contribution is 7.80. The molecule has 2 aromatic rings. The number of aromatic amines is 1. The molecule has 0 atom stereocenters. The summed E-state index contributed by atoms with van der Waals surface area (Å²) in [4.78, 5) is 4.17. The molecule has 0 aliphatic rings. The molecule has 0 saturated heterocycles. The predicted molar refractivity (Wildman–Crippen MR) is 36.7 cm³/mol. The molecule has 0 amide bonds. The molecule has 2 rings (SSSR count). The van der Waals surface area contributed by atoms with Crippen LogP contribution < -0.4 is 0 Å². The van der Waals surface area contributed by atoms with Crippen molar-refractivity contribution in [1.82, 2.24) is 4.98 Å². The number of fused-ring (bicyclic) bond motifs is 2. The van der Waals surface area contributed by atoms with Gasteiger partial charge in [-0.05, 0) is 18.2 Å². The Hall–Kier alpha value is -0.630. The Labute approximate surface area is 52.5 Å². The summed E-state index contributed by atoms with van der Waals surface area (Å²) >= 11 is 4.19. The Kier molecular flexibility index (Phi) is 0.641. The Bertz CT molecular complexity index is 286. The summed E-state index contributed by atoms with van der Waals surface area (Å²) in [7, 11) is 0. The summed E-state index contributed by atoms with van der Waals surface area (Å²) in [5.74, 6) is 0. The van der Waals surface area contributed by atoms with E-state index in [1.165, 1.54) is 0 Å². The summed E-state index contributed by atoms with van der Waals surface area (Å²) in [6.45, 7) is 0. The highest BCUT2D eigenvalue weighted by Gasteiger charge is 1.96. The van der Waals surface area contributed by atoms with Crippen LogP contribution in [0.3, 0.4) is 0 Å². The summed E-state index contributed by atoms with van der Waals surface area (Å²) in [5, 5.41) is 0. The molecule has 0 aliphatic carbocycles. The van der Waals surface area contributed by atoms with Crippen LogP contribution in [-0.4, -0.2) is 4.98 Å². The molecule has 40 valence electrons. The molecule has 0 radical (unpaired) electrons. The van der Waals surface area contributed by atoms with Gasteiger partial charge in [-0.1, -0.05) is 0 Å². The average Bonchev–Trinajstić information content (AvgIpc) is 2.23. The zero-order valence-electron chi connectivity index (χ0n) is 4.18. The van der Waals surface area contributed by atoms with E-state index in [1.807, 2.05) is 18.2 Å². The normalized spacial score (nSPS) is 11.1. The van der Waals surface area contributed by atoms with Crippen molar-refractivity contribution in [1.29, 1.82) is 0 Å². The van der Waals surface area contributed by atoms with Gasteiger partial charge in [-0.15, -0.1) is 12.6 Å². The summed E-state index contributed by atoms with van der Waals surface area (Å²) in [6.07, 6.45) is 0. The highest BCUT2D eigenvalue weighted by atomic mass is 32.1. The van der Waals surface area contributed by atoms with E-state index in [0.717, 1.165) is 15.9 Å². The lowest BCUT2D eigenvalue weighted by molar-refractivity contribution is 1.56. The van der Waals surface area contributed by atoms with Crippen molar-refractivity contribution < 1.29 is 0 Å². The SMILES string of the molecule is Sc1cc2ccc1[nH]2. The van der Waals surface area contributed by atoms with Crippen molar-refractivity contribution in [2.45, 2.75) is 4.90 Å². The number of nitrogens with one attached hydrogen (secondary N) is 1. The van der Waals surface area contributed by atoms with Crippen LogP contribution in [0.25, 0.3) is 11.0 Å². The molecule has 1 nitrogen and oxygen atoms in total. The third kappa shape index (κ3) is 0.383. The van der Waals surface area contributed by atoms with Crippen molar-refractivity contribution in [2.75, 3.05) is 0 Å². The average molecular weight is 123 g/mol. The number of H-pyrrole nitrogens is 1. The van der Waals surface area contributed by atoms with Gasteiger partial charge in [0.05, 0.1) is 5.52 Å². The Morgan fingerprint density at radius 1 is 1.38 bits per heavy atom. The summed E-state index contributed by atoms with van der Waals surface area (Å²) in [6, 6.07) is 6.07. The maximum Gasteiger partial charge on any atom is 0.0521 e. The molecule has 1 N–H and O–H groups in total. The lowest BCUT2D eigenvalue weighted by Crippen LogP contribution is -1.54. The van der Waals surface area contributed by atoms with Gasteiger partial charge in [-0.3, -0.25) is 0 Å². The molecular weight excluding hydrogens is 118 g/mol. The summed E-state index contributed by atoms with van der Waals surface area (Å²) < 4.78 is 0. The minimum absolute atomic E-state index is 1.04. The number of hydrogen-bond acceptors (Lipinski definition) is 1. The van der Waals surface area contributed by atoms with Gasteiger partial charge in [0, 0.05) is 10.4 Å². The number of rotatable bonds is 0. The van der Waals surface area contributed by atoms with Gasteiger partial charge < -0.3 is 4.98 Å². The van der Waals surface area contributed by atoms with Crippen molar-refractivity contribution >= 4 is 23.7 Å². The van der Waals surface area contributed by atoms with Gasteiger partial charge in [0.25, 0.3) is 0 Å². The topological polar surface area (TPSA) is 15.8 Å². The van der Waals surface area contributed by atoms with Crippen LogP contribution >= 0.6 is 12.6 Å². The zero-order chi connectivity index (χ0) is 5.56. The maximum atomic E-state index is 4.19. The van der Waals surface area contributed by atoms with E-state index >= 15 is 0 Å². The van der Waals surface area contributed by atoms with E-state index in [9.17, 15) is 0 Å². The number of aromatic nitrogens is 1. The first-order valence-electron chi connectivity index (χ1n) is 2.46. The standard InChI is InChI=1S/C6H5NS/c8-6-3-4-1-2-5(6)7-4/h1-3,7-8H. The van der Waals surface area contributed by atoms with Gasteiger partial charge >= 0.3 is 0 Å². The van der Waals surface area contributed by atoms with Gasteiger partial charge in [0.1, 0.15) is 0 Å². The molecule has 0 saturated carbocycles. The zero-order valence-corrected chi connectivity index (χ0v) is 5.07. The second-order valence-electron chi connectivity index (χ2n) is 1.86. The first-order chi connectivity index (χ1) is 3.86. The van der Waals surface area contributed by atoms with Crippen molar-refractivity contribution in [3.8, 4) is 0 Å². The van der Waals surface area contributed by atoms with E-state index < -0.39 is 0 Å². The monoisotopic (exact) mass is 123 g/mol. The molecule has 0 aliphatic heterocycles. The lowest BCUT2D eigenvalue weighted by Gasteiger charge is -1.78. The van der Waals surface area contributed by atoms with E-state index in [2.05, 4.69) is 17.6 Å². The molecule has 8 heavy (non-hydrogen) atoms. The quantitative estimate of drug-likeness (QED) is 0.498. The van der Waals surface area contributed by atoms with Crippen LogP contribution in [0, 0.1) is 0 Å². The number of thiol groups is 1. The van der Waals surface area contributed by atoms with Crippen LogP contribution in [-0.2, 0) is 0 Å². The molecule has 2 heteroatoms. The lowest BCUT2D eigenvalue weighted by atomic mass is 10.4. The van der Waals surface area contributed by atoms with Crippen LogP contribution in [0.2, 0.25) is 0 Å². The Morgan fingerprint density at radius 3 is 2.50 bits per heavy atom. The molecule has 0 aromatic carbocycles. The number of hydrogen-bond donors (Lipinski definition) is 2. The smallest absolute Gasteiger partial charge is 0.0521 e. The predicted octanol–water partition coefficient (Wildman–Crippen LogP) is 1.89. The minimum Gasteiger partial charge on any atom is -0.355 e. The third-order valence-corrected chi connectivity index (χ3v) is 1.65. The molecule has 2 heterocycles. The van der Waals surface area contributed by atoms with Crippen molar-refractivity contribution in [2.24, 2.45) is 0 Å². The van der Waals surface area contributed by atoms with Gasteiger partial charge in [0.2, 0.25) is 0 Å². The van der Waals surface area contributed by atoms with Crippen LogP contribution in [0.1, 0.15) is 0 Å². The molecule has 0 spiro atoms. The minimum atomic E-state index is 1.04. The summed E-state index contributed by atoms with van der Waals surface area (Å²) in [5.41, 5.74) is 2.29. The number of benzene rings is 1. The molecule has 0 fully saturated rings. The second kappa shape index (κ2) is 1.20. The second-order valence-corrected chi connectivity index (χ2v) is 2.34. The first-order valence-corrected chi connectivity index (χ1v) is 2.91. The Morgan fingerprint density at radius 2 is 2.25 bits per heavy atom. The van der Waals surface area contributed by atoms with E-state index in [0.29, 0.717) is 0 Å². The van der Waals surface area contributed by atoms with E-state index in [4.69, 9.17) is 0 Å². The maximum absolute atomic E-state index is 4.19. The largest absolute Gasteiger partial charge is 0.355 e. The fraction of sp³-hybridized carbons (Fsp3) is 0. The van der Waals surface area contributed by atoms with E-state index in [-0.39, 0.29) is 0 Å². The van der Waals surface area contributed by atoms with Gasteiger partial charge in [0.15, 0.2) is 0 Å². The van der Waals surface area contributed by atoms with Crippen molar-refractivity contribution in [3.05, 3.63) is 18.2 Å².